The molecule has 24 heavy (non-hydrogen) atoms. The number of para-hydroxylation sites is 1. The summed E-state index contributed by atoms with van der Waals surface area (Å²) in [6, 6.07) is 14.2. The largest absolute Gasteiger partial charge is 0.491 e. The molecule has 0 unspecified atom stereocenters. The van der Waals surface area contributed by atoms with Crippen molar-refractivity contribution in [2.45, 2.75) is 16.9 Å². The number of halogens is 1. The quantitative estimate of drug-likeness (QED) is 0.895. The number of hydrogen-bond acceptors (Lipinski definition) is 4. The molecule has 2 aromatic carbocycles. The van der Waals surface area contributed by atoms with Crippen LogP contribution in [-0.4, -0.2) is 43.1 Å². The highest BCUT2D eigenvalue weighted by Crippen LogP contribution is 2.29. The van der Waals surface area contributed by atoms with E-state index in [2.05, 4.69) is 0 Å². The van der Waals surface area contributed by atoms with Crippen molar-refractivity contribution in [1.29, 1.82) is 0 Å². The molecule has 1 aliphatic rings. The summed E-state index contributed by atoms with van der Waals surface area (Å²) in [6.45, 7) is -0.0396. The van der Waals surface area contributed by atoms with Gasteiger partial charge in [-0.1, -0.05) is 30.3 Å². The standard InChI is InChI=1S/C17H18FNO4S/c18-15-8-4-5-9-16(15)24(21,22)19-11-10-17(20,12-19)13-23-14-6-2-1-3-7-14/h1-9,20H,10-13H2/t17-/m0/s1. The first-order valence-corrected chi connectivity index (χ1v) is 9.00. The normalized spacial score (nSPS) is 21.8. The second kappa shape index (κ2) is 6.51. The van der Waals surface area contributed by atoms with Gasteiger partial charge in [-0.05, 0) is 30.7 Å². The zero-order valence-electron chi connectivity index (χ0n) is 12.9. The SMILES string of the molecule is O=S(=O)(c1ccccc1F)N1CC[C@@](O)(COc2ccccc2)C1. The second-order valence-corrected chi connectivity index (χ2v) is 7.75. The Morgan fingerprint density at radius 2 is 1.79 bits per heavy atom. The van der Waals surface area contributed by atoms with Crippen LogP contribution in [0, 0.1) is 5.82 Å². The zero-order valence-corrected chi connectivity index (χ0v) is 13.7. The summed E-state index contributed by atoms with van der Waals surface area (Å²) in [6.07, 6.45) is 0.230. The van der Waals surface area contributed by atoms with E-state index in [-0.39, 0.29) is 31.0 Å². The minimum absolute atomic E-state index is 0.0275. The first kappa shape index (κ1) is 16.9. The fourth-order valence-corrected chi connectivity index (χ4v) is 4.25. The van der Waals surface area contributed by atoms with Gasteiger partial charge >= 0.3 is 0 Å². The zero-order chi connectivity index (χ0) is 17.2. The van der Waals surface area contributed by atoms with Crippen LogP contribution in [-0.2, 0) is 10.0 Å². The molecular weight excluding hydrogens is 333 g/mol. The van der Waals surface area contributed by atoms with E-state index >= 15 is 0 Å². The van der Waals surface area contributed by atoms with Gasteiger partial charge in [0.25, 0.3) is 0 Å². The maximum Gasteiger partial charge on any atom is 0.246 e. The molecule has 1 atom stereocenters. The van der Waals surface area contributed by atoms with Crippen molar-refractivity contribution in [3.05, 3.63) is 60.4 Å². The highest BCUT2D eigenvalue weighted by molar-refractivity contribution is 7.89. The van der Waals surface area contributed by atoms with E-state index < -0.39 is 21.4 Å². The topological polar surface area (TPSA) is 66.8 Å². The minimum atomic E-state index is -3.98. The number of β-amino-alcohol motifs (C(OH)–C–C–N with tert-alkyl or cyclic N) is 1. The predicted octanol–water partition coefficient (Wildman–Crippen LogP) is 2.03. The molecule has 0 amide bonds. The van der Waals surface area contributed by atoms with Crippen LogP contribution in [0.25, 0.3) is 0 Å². The van der Waals surface area contributed by atoms with Crippen LogP contribution >= 0.6 is 0 Å². The molecule has 1 heterocycles. The molecule has 1 N–H and O–H groups in total. The summed E-state index contributed by atoms with van der Waals surface area (Å²) in [5.41, 5.74) is -1.30. The van der Waals surface area contributed by atoms with Gasteiger partial charge in [-0.3, -0.25) is 0 Å². The smallest absolute Gasteiger partial charge is 0.246 e. The lowest BCUT2D eigenvalue weighted by Gasteiger charge is -2.23. The number of rotatable bonds is 5. The molecule has 128 valence electrons. The van der Waals surface area contributed by atoms with Crippen LogP contribution in [0.4, 0.5) is 4.39 Å². The Labute approximate surface area is 140 Å². The third-order valence-electron chi connectivity index (χ3n) is 4.00. The van der Waals surface area contributed by atoms with Crippen molar-refractivity contribution in [3.63, 3.8) is 0 Å². The van der Waals surface area contributed by atoms with Crippen LogP contribution in [0.2, 0.25) is 0 Å². The summed E-state index contributed by atoms with van der Waals surface area (Å²) in [5, 5.41) is 10.6. The van der Waals surface area contributed by atoms with Crippen LogP contribution in [0.15, 0.2) is 59.5 Å². The predicted molar refractivity (Wildman–Crippen MR) is 86.7 cm³/mol. The molecule has 0 bridgehead atoms. The van der Waals surface area contributed by atoms with E-state index in [1.807, 2.05) is 18.2 Å². The molecule has 1 aliphatic heterocycles. The van der Waals surface area contributed by atoms with Crippen molar-refractivity contribution >= 4 is 10.0 Å². The Bertz CT molecular complexity index is 812. The third kappa shape index (κ3) is 3.43. The number of hydrogen-bond donors (Lipinski definition) is 1. The monoisotopic (exact) mass is 351 g/mol. The molecule has 7 heteroatoms. The van der Waals surface area contributed by atoms with E-state index in [9.17, 15) is 17.9 Å². The molecule has 5 nitrogen and oxygen atoms in total. The van der Waals surface area contributed by atoms with Crippen LogP contribution in [0.1, 0.15) is 6.42 Å². The van der Waals surface area contributed by atoms with E-state index in [1.165, 1.54) is 18.2 Å². The number of ether oxygens (including phenoxy) is 1. The lowest BCUT2D eigenvalue weighted by molar-refractivity contribution is 0.00874. The van der Waals surface area contributed by atoms with Crippen molar-refractivity contribution in [2.75, 3.05) is 19.7 Å². The first-order chi connectivity index (χ1) is 11.4. The highest BCUT2D eigenvalue weighted by Gasteiger charge is 2.43. The molecule has 0 aromatic heterocycles. The minimum Gasteiger partial charge on any atom is -0.491 e. The number of aliphatic hydroxyl groups is 1. The summed E-state index contributed by atoms with van der Waals surface area (Å²) in [5.74, 6) is -0.199. The number of benzene rings is 2. The Morgan fingerprint density at radius 3 is 2.50 bits per heavy atom. The summed E-state index contributed by atoms with van der Waals surface area (Å²) in [7, 11) is -3.98. The molecule has 0 radical (unpaired) electrons. The average molecular weight is 351 g/mol. The number of nitrogens with zero attached hydrogens (tertiary/aromatic N) is 1. The van der Waals surface area contributed by atoms with E-state index in [1.54, 1.807) is 12.1 Å². The Balaban J connectivity index is 1.71. The fraction of sp³-hybridized carbons (Fsp3) is 0.294. The van der Waals surface area contributed by atoms with Gasteiger partial charge in [0.1, 0.15) is 28.7 Å². The van der Waals surface area contributed by atoms with Gasteiger partial charge in [-0.15, -0.1) is 0 Å². The molecule has 1 fully saturated rings. The summed E-state index contributed by atoms with van der Waals surface area (Å²) >= 11 is 0. The maximum absolute atomic E-state index is 13.8. The van der Waals surface area contributed by atoms with Gasteiger partial charge < -0.3 is 9.84 Å². The second-order valence-electron chi connectivity index (χ2n) is 5.85. The Kier molecular flexibility index (Phi) is 4.58. The maximum atomic E-state index is 13.8. The van der Waals surface area contributed by atoms with Crippen molar-refractivity contribution in [2.24, 2.45) is 0 Å². The molecule has 0 aliphatic carbocycles. The highest BCUT2D eigenvalue weighted by atomic mass is 32.2. The summed E-state index contributed by atoms with van der Waals surface area (Å²) < 4.78 is 45.5. The van der Waals surface area contributed by atoms with Crippen molar-refractivity contribution in [3.8, 4) is 5.75 Å². The van der Waals surface area contributed by atoms with Crippen LogP contribution < -0.4 is 4.74 Å². The van der Waals surface area contributed by atoms with E-state index in [4.69, 9.17) is 4.74 Å². The van der Waals surface area contributed by atoms with Crippen LogP contribution in [0.5, 0.6) is 5.75 Å². The lowest BCUT2D eigenvalue weighted by atomic mass is 10.1. The van der Waals surface area contributed by atoms with Gasteiger partial charge in [0.15, 0.2) is 0 Å². The van der Waals surface area contributed by atoms with Gasteiger partial charge in [-0.2, -0.15) is 4.31 Å². The van der Waals surface area contributed by atoms with Crippen molar-refractivity contribution in [1.82, 2.24) is 4.31 Å². The van der Waals surface area contributed by atoms with E-state index in [0.717, 1.165) is 10.4 Å². The molecular formula is C17H18FNO4S. The molecule has 0 spiro atoms. The summed E-state index contributed by atoms with van der Waals surface area (Å²) in [4.78, 5) is -0.377. The fourth-order valence-electron chi connectivity index (χ4n) is 2.67. The van der Waals surface area contributed by atoms with Gasteiger partial charge in [0, 0.05) is 13.1 Å². The lowest BCUT2D eigenvalue weighted by Crippen LogP contribution is -2.40. The van der Waals surface area contributed by atoms with Crippen molar-refractivity contribution < 1.29 is 22.7 Å². The van der Waals surface area contributed by atoms with Gasteiger partial charge in [0.2, 0.25) is 10.0 Å². The number of sulfonamides is 1. The van der Waals surface area contributed by atoms with Crippen LogP contribution in [0.3, 0.4) is 0 Å². The third-order valence-corrected chi connectivity index (χ3v) is 5.88. The van der Waals surface area contributed by atoms with Gasteiger partial charge in [0.05, 0.1) is 0 Å². The molecule has 0 saturated carbocycles. The Hall–Kier alpha value is -1.96. The first-order valence-electron chi connectivity index (χ1n) is 7.56. The van der Waals surface area contributed by atoms with E-state index in [0.29, 0.717) is 5.75 Å². The average Bonchev–Trinajstić information content (AvgIpc) is 2.98. The molecule has 1 saturated heterocycles. The Morgan fingerprint density at radius 1 is 1.12 bits per heavy atom. The molecule has 2 aromatic rings. The molecule has 3 rings (SSSR count). The van der Waals surface area contributed by atoms with Gasteiger partial charge in [-0.25, -0.2) is 12.8 Å².